The number of para-hydroxylation sites is 1. The van der Waals surface area contributed by atoms with Crippen molar-refractivity contribution in [3.8, 4) is 22.6 Å². The minimum atomic E-state index is -0.944. The van der Waals surface area contributed by atoms with Gasteiger partial charge in [0.05, 0.1) is 19.4 Å². The number of hydrogen-bond acceptors (Lipinski definition) is 4. The van der Waals surface area contributed by atoms with Crippen molar-refractivity contribution in [3.05, 3.63) is 83.2 Å². The minimum Gasteiger partial charge on any atom is -0.493 e. The second kappa shape index (κ2) is 10.4. The van der Waals surface area contributed by atoms with Crippen LogP contribution < -0.4 is 15.2 Å². The number of hydrogen-bond donors (Lipinski definition) is 2. The predicted octanol–water partition coefficient (Wildman–Crippen LogP) is 4.52. The number of benzene rings is 3. The lowest BCUT2D eigenvalue weighted by Crippen LogP contribution is -2.14. The summed E-state index contributed by atoms with van der Waals surface area (Å²) in [5.41, 5.74) is 7.74. The number of carbonyl (C=O) groups excluding carboxylic acids is 1. The Balaban J connectivity index is 1.63. The zero-order valence-electron chi connectivity index (χ0n) is 18.6. The molecule has 1 fully saturated rings. The van der Waals surface area contributed by atoms with Gasteiger partial charge in [-0.05, 0) is 59.7 Å². The fraction of sp³-hybridized carbons (Fsp3) is 0.259. The van der Waals surface area contributed by atoms with E-state index in [1.165, 1.54) is 0 Å². The van der Waals surface area contributed by atoms with E-state index in [0.717, 1.165) is 18.4 Å². The number of carboxylic acids is 1. The van der Waals surface area contributed by atoms with E-state index in [1.54, 1.807) is 54.6 Å². The van der Waals surface area contributed by atoms with Crippen LogP contribution >= 0.6 is 0 Å². The van der Waals surface area contributed by atoms with Gasteiger partial charge in [-0.25, -0.2) is 4.39 Å². The van der Waals surface area contributed by atoms with Crippen molar-refractivity contribution >= 4 is 11.9 Å². The van der Waals surface area contributed by atoms with Gasteiger partial charge in [-0.3, -0.25) is 9.59 Å². The first kappa shape index (κ1) is 23.3. The second-order valence-corrected chi connectivity index (χ2v) is 8.51. The molecule has 0 aliphatic heterocycles. The quantitative estimate of drug-likeness (QED) is 0.436. The number of halogens is 1. The fourth-order valence-corrected chi connectivity index (χ4v) is 3.72. The van der Waals surface area contributed by atoms with Crippen LogP contribution in [0.3, 0.4) is 0 Å². The van der Waals surface area contributed by atoms with Gasteiger partial charge >= 0.3 is 5.97 Å². The predicted molar refractivity (Wildman–Crippen MR) is 125 cm³/mol. The van der Waals surface area contributed by atoms with E-state index in [-0.39, 0.29) is 25.0 Å². The molecule has 34 heavy (non-hydrogen) atoms. The first-order chi connectivity index (χ1) is 16.4. The summed E-state index contributed by atoms with van der Waals surface area (Å²) < 4.78 is 27.1. The van der Waals surface area contributed by atoms with Gasteiger partial charge in [-0.15, -0.1) is 0 Å². The van der Waals surface area contributed by atoms with Gasteiger partial charge in [0.15, 0.2) is 0 Å². The molecule has 0 aromatic heterocycles. The Morgan fingerprint density at radius 1 is 0.971 bits per heavy atom. The van der Waals surface area contributed by atoms with Crippen LogP contribution in [0.1, 0.15) is 29.5 Å². The molecule has 3 aromatic rings. The summed E-state index contributed by atoms with van der Waals surface area (Å²) in [6.45, 7) is 0.738. The lowest BCUT2D eigenvalue weighted by atomic mass is 9.98. The van der Waals surface area contributed by atoms with Gasteiger partial charge in [0, 0.05) is 11.1 Å². The number of primary amides is 1. The Kier molecular flexibility index (Phi) is 7.11. The normalized spacial score (nSPS) is 12.9. The zero-order chi connectivity index (χ0) is 24.1. The molecule has 0 bridgehead atoms. The molecule has 7 heteroatoms. The highest BCUT2D eigenvalue weighted by Crippen LogP contribution is 2.33. The van der Waals surface area contributed by atoms with Gasteiger partial charge in [-0.1, -0.05) is 36.4 Å². The van der Waals surface area contributed by atoms with Gasteiger partial charge in [0.25, 0.3) is 0 Å². The maximum absolute atomic E-state index is 15.2. The van der Waals surface area contributed by atoms with E-state index >= 15 is 4.39 Å². The zero-order valence-corrected chi connectivity index (χ0v) is 18.6. The van der Waals surface area contributed by atoms with E-state index in [9.17, 15) is 9.59 Å². The monoisotopic (exact) mass is 463 g/mol. The SMILES string of the molecule is NC(=O)Cc1cccc(-c2cc(COc3ccccc3CC(=O)O)cc(OCC3CC3)c2)c1F. The van der Waals surface area contributed by atoms with Crippen molar-refractivity contribution in [2.24, 2.45) is 11.7 Å². The molecule has 1 aliphatic carbocycles. The first-order valence-corrected chi connectivity index (χ1v) is 11.1. The summed E-state index contributed by atoms with van der Waals surface area (Å²) in [6, 6.07) is 17.3. The van der Waals surface area contributed by atoms with Crippen LogP contribution in [-0.2, 0) is 29.0 Å². The molecule has 3 N–H and O–H groups in total. The molecule has 3 aromatic carbocycles. The lowest BCUT2D eigenvalue weighted by molar-refractivity contribution is -0.136. The summed E-state index contributed by atoms with van der Waals surface area (Å²) in [5.74, 6) is -0.431. The highest BCUT2D eigenvalue weighted by Gasteiger charge is 2.22. The van der Waals surface area contributed by atoms with Gasteiger partial charge in [0.1, 0.15) is 23.9 Å². The number of carboxylic acid groups (broad SMARTS) is 1. The number of aliphatic carboxylic acids is 1. The summed E-state index contributed by atoms with van der Waals surface area (Å²) in [6.07, 6.45) is 1.94. The van der Waals surface area contributed by atoms with E-state index < -0.39 is 17.7 Å². The number of ether oxygens (including phenoxy) is 2. The summed E-state index contributed by atoms with van der Waals surface area (Å²) in [4.78, 5) is 22.5. The second-order valence-electron chi connectivity index (χ2n) is 8.51. The number of amides is 1. The summed E-state index contributed by atoms with van der Waals surface area (Å²) >= 11 is 0. The van der Waals surface area contributed by atoms with Crippen molar-refractivity contribution in [3.63, 3.8) is 0 Å². The average molecular weight is 464 g/mol. The molecular weight excluding hydrogens is 437 g/mol. The Morgan fingerprint density at radius 3 is 2.47 bits per heavy atom. The molecule has 0 radical (unpaired) electrons. The number of rotatable bonds is 11. The molecule has 176 valence electrons. The van der Waals surface area contributed by atoms with Crippen molar-refractivity contribution < 1.29 is 28.6 Å². The molecule has 1 amide bonds. The van der Waals surface area contributed by atoms with Crippen LogP contribution in [0.2, 0.25) is 0 Å². The standard InChI is InChI=1S/C27H26FNO5/c28-27-20(13-25(29)30)5-3-6-23(27)21-10-18(11-22(12-21)33-15-17-8-9-17)16-34-24-7-2-1-4-19(24)14-26(31)32/h1-7,10-12,17H,8-9,13-16H2,(H2,29,30)(H,31,32). The van der Waals surface area contributed by atoms with Crippen LogP contribution in [0.25, 0.3) is 11.1 Å². The molecule has 0 atom stereocenters. The highest BCUT2D eigenvalue weighted by molar-refractivity contribution is 5.78. The van der Waals surface area contributed by atoms with Crippen molar-refractivity contribution in [1.82, 2.24) is 0 Å². The maximum Gasteiger partial charge on any atom is 0.307 e. The van der Waals surface area contributed by atoms with Crippen LogP contribution in [0.15, 0.2) is 60.7 Å². The Labute approximate surface area is 197 Å². The van der Waals surface area contributed by atoms with E-state index in [2.05, 4.69) is 0 Å². The van der Waals surface area contributed by atoms with Crippen molar-refractivity contribution in [2.45, 2.75) is 32.3 Å². The summed E-state index contributed by atoms with van der Waals surface area (Å²) in [7, 11) is 0. The van der Waals surface area contributed by atoms with Gasteiger partial charge in [-0.2, -0.15) is 0 Å². The number of carbonyl (C=O) groups is 2. The van der Waals surface area contributed by atoms with Crippen LogP contribution in [0.4, 0.5) is 4.39 Å². The molecule has 0 spiro atoms. The molecule has 0 unspecified atom stereocenters. The fourth-order valence-electron chi connectivity index (χ4n) is 3.72. The Bertz CT molecular complexity index is 1210. The number of nitrogens with two attached hydrogens (primary N) is 1. The average Bonchev–Trinajstić information content (AvgIpc) is 3.62. The smallest absolute Gasteiger partial charge is 0.307 e. The summed E-state index contributed by atoms with van der Waals surface area (Å²) in [5, 5.41) is 9.15. The van der Waals surface area contributed by atoms with E-state index in [0.29, 0.717) is 40.7 Å². The third-order valence-electron chi connectivity index (χ3n) is 5.61. The Hall–Kier alpha value is -3.87. The maximum atomic E-state index is 15.2. The molecular formula is C27H26FNO5. The van der Waals surface area contributed by atoms with Gasteiger partial charge in [0.2, 0.25) is 5.91 Å². The molecule has 6 nitrogen and oxygen atoms in total. The van der Waals surface area contributed by atoms with E-state index in [1.807, 2.05) is 6.07 Å². The van der Waals surface area contributed by atoms with Crippen LogP contribution in [-0.4, -0.2) is 23.6 Å². The van der Waals surface area contributed by atoms with E-state index in [4.69, 9.17) is 20.3 Å². The lowest BCUT2D eigenvalue weighted by Gasteiger charge is -2.15. The third-order valence-corrected chi connectivity index (χ3v) is 5.61. The van der Waals surface area contributed by atoms with Crippen molar-refractivity contribution in [1.29, 1.82) is 0 Å². The molecule has 1 aliphatic rings. The minimum absolute atomic E-state index is 0.146. The highest BCUT2D eigenvalue weighted by atomic mass is 19.1. The Morgan fingerprint density at radius 2 is 1.74 bits per heavy atom. The largest absolute Gasteiger partial charge is 0.493 e. The van der Waals surface area contributed by atoms with Gasteiger partial charge < -0.3 is 20.3 Å². The van der Waals surface area contributed by atoms with Crippen LogP contribution in [0.5, 0.6) is 11.5 Å². The van der Waals surface area contributed by atoms with Crippen molar-refractivity contribution in [2.75, 3.05) is 6.61 Å². The molecule has 4 rings (SSSR count). The molecule has 1 saturated carbocycles. The molecule has 0 saturated heterocycles. The van der Waals surface area contributed by atoms with Crippen LogP contribution in [0, 0.1) is 11.7 Å². The molecule has 0 heterocycles. The third kappa shape index (κ3) is 6.13. The first-order valence-electron chi connectivity index (χ1n) is 11.1. The topological polar surface area (TPSA) is 98.9 Å².